The summed E-state index contributed by atoms with van der Waals surface area (Å²) in [4.78, 5) is 38.2. The van der Waals surface area contributed by atoms with E-state index in [4.69, 9.17) is 5.11 Å². The van der Waals surface area contributed by atoms with Crippen molar-refractivity contribution < 1.29 is 19.5 Å². The Balaban J connectivity index is 2.08. The highest BCUT2D eigenvalue weighted by Crippen LogP contribution is 2.35. The van der Waals surface area contributed by atoms with Crippen LogP contribution in [0.1, 0.15) is 26.2 Å². The summed E-state index contributed by atoms with van der Waals surface area (Å²) in [5.41, 5.74) is 0. The summed E-state index contributed by atoms with van der Waals surface area (Å²) in [7, 11) is 1.72. The van der Waals surface area contributed by atoms with Gasteiger partial charge in [-0.3, -0.25) is 9.59 Å². The quantitative estimate of drug-likeness (QED) is 0.766. The lowest BCUT2D eigenvalue weighted by Crippen LogP contribution is -2.61. The van der Waals surface area contributed by atoms with Crippen LogP contribution in [-0.4, -0.2) is 65.0 Å². The molecule has 2 aliphatic rings. The fraction of sp³-hybridized carbons (Fsp3) is 0.769. The first-order chi connectivity index (χ1) is 9.41. The van der Waals surface area contributed by atoms with Gasteiger partial charge in [-0.15, -0.1) is 0 Å². The van der Waals surface area contributed by atoms with E-state index in [-0.39, 0.29) is 24.4 Å². The molecule has 0 aromatic carbocycles. The van der Waals surface area contributed by atoms with Gasteiger partial charge in [0.05, 0.1) is 6.42 Å². The summed E-state index contributed by atoms with van der Waals surface area (Å²) in [5.74, 6) is -0.942. The first-order valence-corrected chi connectivity index (χ1v) is 6.94. The van der Waals surface area contributed by atoms with Crippen molar-refractivity contribution in [1.82, 2.24) is 15.1 Å². The van der Waals surface area contributed by atoms with Crippen molar-refractivity contribution >= 4 is 17.9 Å². The van der Waals surface area contributed by atoms with Gasteiger partial charge in [-0.05, 0) is 25.7 Å². The SMILES string of the molecule is CC(C1CC1)N(C)C(=O)N1CCNC(=O)C1CC(=O)O. The highest BCUT2D eigenvalue weighted by molar-refractivity contribution is 5.91. The lowest BCUT2D eigenvalue weighted by atomic mass is 10.1. The molecule has 7 heteroatoms. The standard InChI is InChI=1S/C13H21N3O4/c1-8(9-3-4-9)15(2)13(20)16-6-5-14-12(19)10(16)7-11(17)18/h8-10H,3-7H2,1-2H3,(H,14,19)(H,17,18). The van der Waals surface area contributed by atoms with Crippen molar-refractivity contribution in [2.75, 3.05) is 20.1 Å². The Kier molecular flexibility index (Phi) is 4.15. The van der Waals surface area contributed by atoms with E-state index < -0.39 is 12.0 Å². The van der Waals surface area contributed by atoms with E-state index in [1.807, 2.05) is 6.92 Å². The Morgan fingerprint density at radius 3 is 2.70 bits per heavy atom. The van der Waals surface area contributed by atoms with Gasteiger partial charge >= 0.3 is 12.0 Å². The molecule has 112 valence electrons. The van der Waals surface area contributed by atoms with Crippen LogP contribution in [-0.2, 0) is 9.59 Å². The van der Waals surface area contributed by atoms with Gasteiger partial charge in [-0.2, -0.15) is 0 Å². The Bertz CT molecular complexity index is 422. The molecule has 2 rings (SSSR count). The Labute approximate surface area is 117 Å². The number of carbonyl (C=O) groups excluding carboxylic acids is 2. The molecule has 1 heterocycles. The van der Waals surface area contributed by atoms with Crippen LogP contribution in [0.4, 0.5) is 4.79 Å². The molecule has 1 aliphatic carbocycles. The van der Waals surface area contributed by atoms with E-state index in [9.17, 15) is 14.4 Å². The van der Waals surface area contributed by atoms with Crippen LogP contribution < -0.4 is 5.32 Å². The normalized spacial score (nSPS) is 24.0. The number of nitrogens with one attached hydrogen (secondary N) is 1. The van der Waals surface area contributed by atoms with E-state index in [1.54, 1.807) is 11.9 Å². The van der Waals surface area contributed by atoms with Gasteiger partial charge in [0.1, 0.15) is 6.04 Å². The number of aliphatic carboxylic acids is 1. The molecule has 0 aromatic heterocycles. The maximum Gasteiger partial charge on any atom is 0.320 e. The summed E-state index contributed by atoms with van der Waals surface area (Å²) in [5, 5.41) is 11.5. The van der Waals surface area contributed by atoms with Gasteiger partial charge in [-0.1, -0.05) is 0 Å². The van der Waals surface area contributed by atoms with Crippen molar-refractivity contribution in [2.24, 2.45) is 5.92 Å². The molecule has 2 unspecified atom stereocenters. The van der Waals surface area contributed by atoms with Gasteiger partial charge < -0.3 is 20.2 Å². The molecule has 2 N–H and O–H groups in total. The molecule has 20 heavy (non-hydrogen) atoms. The maximum atomic E-state index is 12.5. The summed E-state index contributed by atoms with van der Waals surface area (Å²) < 4.78 is 0. The minimum Gasteiger partial charge on any atom is -0.481 e. The van der Waals surface area contributed by atoms with E-state index in [0.717, 1.165) is 12.8 Å². The van der Waals surface area contributed by atoms with Crippen molar-refractivity contribution in [3.8, 4) is 0 Å². The summed E-state index contributed by atoms with van der Waals surface area (Å²) in [6.45, 7) is 2.71. The van der Waals surface area contributed by atoms with Crippen LogP contribution in [0.3, 0.4) is 0 Å². The van der Waals surface area contributed by atoms with Crippen LogP contribution in [0, 0.1) is 5.92 Å². The molecule has 2 fully saturated rings. The second-order valence-electron chi connectivity index (χ2n) is 5.57. The number of rotatable bonds is 4. The van der Waals surface area contributed by atoms with Gasteiger partial charge in [0.15, 0.2) is 0 Å². The first-order valence-electron chi connectivity index (χ1n) is 6.94. The van der Waals surface area contributed by atoms with Gasteiger partial charge in [0, 0.05) is 26.2 Å². The lowest BCUT2D eigenvalue weighted by molar-refractivity contribution is -0.142. The molecular weight excluding hydrogens is 262 g/mol. The van der Waals surface area contributed by atoms with Gasteiger partial charge in [0.25, 0.3) is 0 Å². The van der Waals surface area contributed by atoms with Gasteiger partial charge in [0.2, 0.25) is 5.91 Å². The predicted molar refractivity (Wildman–Crippen MR) is 71.1 cm³/mol. The monoisotopic (exact) mass is 283 g/mol. The van der Waals surface area contributed by atoms with Crippen molar-refractivity contribution in [3.05, 3.63) is 0 Å². The number of carboxylic acids is 1. The number of piperazine rings is 1. The summed E-state index contributed by atoms with van der Waals surface area (Å²) in [6, 6.07) is -1.05. The van der Waals surface area contributed by atoms with E-state index in [2.05, 4.69) is 5.32 Å². The molecule has 1 saturated carbocycles. The van der Waals surface area contributed by atoms with E-state index in [0.29, 0.717) is 19.0 Å². The van der Waals surface area contributed by atoms with E-state index in [1.165, 1.54) is 4.90 Å². The number of carbonyl (C=O) groups is 3. The van der Waals surface area contributed by atoms with Crippen molar-refractivity contribution in [3.63, 3.8) is 0 Å². The molecule has 0 spiro atoms. The summed E-state index contributed by atoms with van der Waals surface area (Å²) in [6.07, 6.45) is 1.89. The molecule has 3 amide bonds. The zero-order valence-corrected chi connectivity index (χ0v) is 11.8. The average Bonchev–Trinajstić information content (AvgIpc) is 3.22. The molecule has 2 atom stereocenters. The average molecular weight is 283 g/mol. The first kappa shape index (κ1) is 14.6. The van der Waals surface area contributed by atoms with Crippen LogP contribution in [0.15, 0.2) is 0 Å². The maximum absolute atomic E-state index is 12.5. The van der Waals surface area contributed by atoms with Crippen molar-refractivity contribution in [1.29, 1.82) is 0 Å². The molecule has 1 saturated heterocycles. The number of nitrogens with zero attached hydrogens (tertiary/aromatic N) is 2. The number of urea groups is 1. The second-order valence-corrected chi connectivity index (χ2v) is 5.57. The van der Waals surface area contributed by atoms with Crippen LogP contribution in [0.25, 0.3) is 0 Å². The molecule has 0 radical (unpaired) electrons. The van der Waals surface area contributed by atoms with Gasteiger partial charge in [-0.25, -0.2) is 4.79 Å². The van der Waals surface area contributed by atoms with Crippen LogP contribution >= 0.6 is 0 Å². The molecule has 0 aromatic rings. The van der Waals surface area contributed by atoms with E-state index >= 15 is 0 Å². The summed E-state index contributed by atoms with van der Waals surface area (Å²) >= 11 is 0. The third kappa shape index (κ3) is 3.02. The zero-order valence-electron chi connectivity index (χ0n) is 11.8. The minimum absolute atomic E-state index is 0.123. The third-order valence-corrected chi connectivity index (χ3v) is 4.16. The van der Waals surface area contributed by atoms with Crippen molar-refractivity contribution in [2.45, 2.75) is 38.3 Å². The minimum atomic E-state index is -1.08. The largest absolute Gasteiger partial charge is 0.481 e. The number of amides is 3. The number of hydrogen-bond acceptors (Lipinski definition) is 3. The highest BCUT2D eigenvalue weighted by Gasteiger charge is 2.39. The molecule has 7 nitrogen and oxygen atoms in total. The number of hydrogen-bond donors (Lipinski definition) is 2. The fourth-order valence-corrected chi connectivity index (χ4v) is 2.58. The zero-order chi connectivity index (χ0) is 14.9. The predicted octanol–water partition coefficient (Wildman–Crippen LogP) is 0.112. The van der Waals surface area contributed by atoms with Crippen LogP contribution in [0.5, 0.6) is 0 Å². The third-order valence-electron chi connectivity index (χ3n) is 4.16. The second kappa shape index (κ2) is 5.68. The molecular formula is C13H21N3O4. The van der Waals surface area contributed by atoms with Crippen LogP contribution in [0.2, 0.25) is 0 Å². The lowest BCUT2D eigenvalue weighted by Gasteiger charge is -2.38. The Hall–Kier alpha value is -1.79. The fourth-order valence-electron chi connectivity index (χ4n) is 2.58. The Morgan fingerprint density at radius 1 is 1.50 bits per heavy atom. The molecule has 1 aliphatic heterocycles. The Morgan fingerprint density at radius 2 is 2.15 bits per heavy atom. The smallest absolute Gasteiger partial charge is 0.320 e. The number of carboxylic acid groups (broad SMARTS) is 1. The topological polar surface area (TPSA) is 90.0 Å². The molecule has 0 bridgehead atoms. The highest BCUT2D eigenvalue weighted by atomic mass is 16.4.